The Balaban J connectivity index is 0. The van der Waals surface area contributed by atoms with Crippen LogP contribution in [0.25, 0.3) is 0 Å². The summed E-state index contributed by atoms with van der Waals surface area (Å²) in [4.78, 5) is 43.9. The van der Waals surface area contributed by atoms with E-state index in [1.165, 1.54) is 0 Å². The number of hydrogen-bond donors (Lipinski definition) is 0. The van der Waals surface area contributed by atoms with E-state index in [0.29, 0.717) is 48.7 Å². The molecule has 0 unspecified atom stereocenters. The second-order valence-corrected chi connectivity index (χ2v) is 7.50. The molecule has 0 aromatic rings. The van der Waals surface area contributed by atoms with Crippen molar-refractivity contribution >= 4 is 23.9 Å². The second-order valence-electron chi connectivity index (χ2n) is 7.50. The molecule has 0 fully saturated rings. The zero-order chi connectivity index (χ0) is 28.6. The zero-order valence-corrected chi connectivity index (χ0v) is 22.4. The maximum Gasteiger partial charge on any atom is 0.333 e. The molecular formula is C26H40O11. The van der Waals surface area contributed by atoms with Gasteiger partial charge in [0.15, 0.2) is 0 Å². The molecule has 0 N–H and O–H groups in total. The van der Waals surface area contributed by atoms with E-state index in [4.69, 9.17) is 33.2 Å². The molecule has 0 heterocycles. The van der Waals surface area contributed by atoms with E-state index in [-0.39, 0.29) is 39.6 Å². The molecule has 0 saturated carbocycles. The Morgan fingerprint density at radius 3 is 0.703 bits per heavy atom. The van der Waals surface area contributed by atoms with E-state index in [9.17, 15) is 19.2 Å². The monoisotopic (exact) mass is 528 g/mol. The van der Waals surface area contributed by atoms with Gasteiger partial charge in [-0.2, -0.15) is 0 Å². The van der Waals surface area contributed by atoms with Crippen molar-refractivity contribution in [3.05, 3.63) is 48.6 Å². The first-order chi connectivity index (χ1) is 17.4. The van der Waals surface area contributed by atoms with Crippen LogP contribution in [0.15, 0.2) is 48.6 Å². The van der Waals surface area contributed by atoms with Crippen molar-refractivity contribution in [1.29, 1.82) is 0 Å². The van der Waals surface area contributed by atoms with E-state index >= 15 is 0 Å². The molecule has 0 rings (SSSR count). The summed E-state index contributed by atoms with van der Waals surface area (Å²) in [7, 11) is 0. The first-order valence-electron chi connectivity index (χ1n) is 11.4. The molecule has 0 aliphatic rings. The molecule has 37 heavy (non-hydrogen) atoms. The fraction of sp³-hybridized carbons (Fsp3) is 0.538. The van der Waals surface area contributed by atoms with Gasteiger partial charge in [0, 0.05) is 22.3 Å². The second kappa shape index (κ2) is 23.1. The van der Waals surface area contributed by atoms with Crippen molar-refractivity contribution in [2.24, 2.45) is 0 Å². The van der Waals surface area contributed by atoms with Crippen molar-refractivity contribution in [3.8, 4) is 0 Å². The number of ether oxygens (including phenoxy) is 7. The molecule has 0 bridgehead atoms. The molecule has 210 valence electrons. The molecule has 0 spiro atoms. The molecule has 0 aromatic heterocycles. The summed E-state index contributed by atoms with van der Waals surface area (Å²) in [5.41, 5.74) is 1.41. The summed E-state index contributed by atoms with van der Waals surface area (Å²) < 4.78 is 34.7. The molecule has 0 saturated heterocycles. The Hall–Kier alpha value is -3.28. The predicted molar refractivity (Wildman–Crippen MR) is 136 cm³/mol. The van der Waals surface area contributed by atoms with Gasteiger partial charge in [0.1, 0.15) is 26.4 Å². The highest BCUT2D eigenvalue weighted by Gasteiger charge is 2.04. The van der Waals surface area contributed by atoms with E-state index in [0.717, 1.165) is 0 Å². The van der Waals surface area contributed by atoms with Gasteiger partial charge in [-0.15, -0.1) is 0 Å². The van der Waals surface area contributed by atoms with Crippen molar-refractivity contribution in [3.63, 3.8) is 0 Å². The Bertz CT molecular complexity index is 719. The first-order valence-corrected chi connectivity index (χ1v) is 11.4. The Kier molecular flexibility index (Phi) is 22.4. The van der Waals surface area contributed by atoms with Crippen LogP contribution in [0.3, 0.4) is 0 Å². The van der Waals surface area contributed by atoms with Gasteiger partial charge in [-0.25, -0.2) is 19.2 Å². The van der Waals surface area contributed by atoms with Gasteiger partial charge >= 0.3 is 23.9 Å². The highest BCUT2D eigenvalue weighted by Crippen LogP contribution is 1.94. The summed E-state index contributed by atoms with van der Waals surface area (Å²) >= 11 is 0. The standard InChI is InChI=1S/C14H22O6.C12H18O5/c1-11(2)13(15)19-9-7-17-5-6-18-8-10-20-14(16)12(3)4;1-9(2)11(13)16-7-5-15-6-8-17-12(14)10(3)4/h1,3,5-10H2,2,4H3;1,3,5-8H2,2,4H3. The number of hydrogen-bond acceptors (Lipinski definition) is 11. The SMILES string of the molecule is C=C(C)C(=O)OCCOCCOC(=O)C(=C)C.C=C(C)C(=O)OCCOCCOCCOC(=O)C(=C)C. The minimum atomic E-state index is -0.442. The lowest BCUT2D eigenvalue weighted by Gasteiger charge is -2.07. The Morgan fingerprint density at radius 2 is 0.541 bits per heavy atom. The highest BCUT2D eigenvalue weighted by atomic mass is 16.6. The number of carbonyl (C=O) groups excluding carboxylic acids is 4. The van der Waals surface area contributed by atoms with E-state index < -0.39 is 23.9 Å². The van der Waals surface area contributed by atoms with Gasteiger partial charge in [-0.1, -0.05) is 26.3 Å². The van der Waals surface area contributed by atoms with Crippen LogP contribution in [0, 0.1) is 0 Å². The normalized spacial score (nSPS) is 9.73. The third-order valence-electron chi connectivity index (χ3n) is 3.61. The summed E-state index contributed by atoms with van der Waals surface area (Å²) in [6.07, 6.45) is 0. The van der Waals surface area contributed by atoms with Gasteiger partial charge in [0.25, 0.3) is 0 Å². The predicted octanol–water partition coefficient (Wildman–Crippen LogP) is 2.50. The maximum atomic E-state index is 11.0. The lowest BCUT2D eigenvalue weighted by molar-refractivity contribution is -0.142. The van der Waals surface area contributed by atoms with Gasteiger partial charge in [0.05, 0.1) is 39.6 Å². The van der Waals surface area contributed by atoms with Crippen molar-refractivity contribution < 1.29 is 52.3 Å². The lowest BCUT2D eigenvalue weighted by atomic mass is 10.4. The van der Waals surface area contributed by atoms with Crippen molar-refractivity contribution in [2.75, 3.05) is 66.1 Å². The van der Waals surface area contributed by atoms with Crippen LogP contribution in [0.5, 0.6) is 0 Å². The molecule has 0 amide bonds. The molecule has 0 aromatic carbocycles. The van der Waals surface area contributed by atoms with Gasteiger partial charge in [-0.3, -0.25) is 0 Å². The van der Waals surface area contributed by atoms with E-state index in [1.54, 1.807) is 27.7 Å². The van der Waals surface area contributed by atoms with Gasteiger partial charge < -0.3 is 33.2 Å². The number of esters is 4. The van der Waals surface area contributed by atoms with Gasteiger partial charge in [0.2, 0.25) is 0 Å². The molecule has 0 aliphatic carbocycles. The third kappa shape index (κ3) is 24.2. The van der Waals surface area contributed by atoms with Crippen molar-refractivity contribution in [2.45, 2.75) is 27.7 Å². The smallest absolute Gasteiger partial charge is 0.333 e. The van der Waals surface area contributed by atoms with Crippen LogP contribution in [0.4, 0.5) is 0 Å². The van der Waals surface area contributed by atoms with E-state index in [2.05, 4.69) is 26.3 Å². The van der Waals surface area contributed by atoms with Crippen molar-refractivity contribution in [1.82, 2.24) is 0 Å². The minimum absolute atomic E-state index is 0.153. The summed E-state index contributed by atoms with van der Waals surface area (Å²) in [6.45, 7) is 22.6. The zero-order valence-electron chi connectivity index (χ0n) is 22.4. The summed E-state index contributed by atoms with van der Waals surface area (Å²) in [5.74, 6) is -1.74. The first kappa shape index (κ1) is 35.9. The van der Waals surface area contributed by atoms with Crippen LogP contribution < -0.4 is 0 Å². The fourth-order valence-corrected chi connectivity index (χ4v) is 1.69. The number of carbonyl (C=O) groups is 4. The van der Waals surface area contributed by atoms with E-state index in [1.807, 2.05) is 0 Å². The third-order valence-corrected chi connectivity index (χ3v) is 3.61. The van der Waals surface area contributed by atoms with Crippen LogP contribution in [0.1, 0.15) is 27.7 Å². The maximum absolute atomic E-state index is 11.0. The van der Waals surface area contributed by atoms with Crippen LogP contribution >= 0.6 is 0 Å². The number of rotatable bonds is 19. The topological polar surface area (TPSA) is 133 Å². The molecule has 0 aliphatic heterocycles. The van der Waals surface area contributed by atoms with Crippen LogP contribution in [-0.4, -0.2) is 89.9 Å². The summed E-state index contributed by atoms with van der Waals surface area (Å²) in [5, 5.41) is 0. The molecule has 0 radical (unpaired) electrons. The minimum Gasteiger partial charge on any atom is -0.460 e. The summed E-state index contributed by atoms with van der Waals surface area (Å²) in [6, 6.07) is 0. The molecule has 11 nitrogen and oxygen atoms in total. The Morgan fingerprint density at radius 1 is 0.378 bits per heavy atom. The lowest BCUT2D eigenvalue weighted by Crippen LogP contribution is -2.15. The average molecular weight is 529 g/mol. The fourth-order valence-electron chi connectivity index (χ4n) is 1.69. The average Bonchev–Trinajstić information content (AvgIpc) is 2.83. The molecule has 0 atom stereocenters. The van der Waals surface area contributed by atoms with Crippen LogP contribution in [-0.2, 0) is 52.3 Å². The Labute approximate surface area is 219 Å². The quantitative estimate of drug-likeness (QED) is 0.106. The largest absolute Gasteiger partial charge is 0.460 e. The highest BCUT2D eigenvalue weighted by molar-refractivity contribution is 5.88. The van der Waals surface area contributed by atoms with Crippen LogP contribution in [0.2, 0.25) is 0 Å². The van der Waals surface area contributed by atoms with Gasteiger partial charge in [-0.05, 0) is 27.7 Å². The molecular weight excluding hydrogens is 488 g/mol. The molecule has 11 heteroatoms.